The summed E-state index contributed by atoms with van der Waals surface area (Å²) >= 11 is 0. The third-order valence-corrected chi connectivity index (χ3v) is 4.49. The van der Waals surface area contributed by atoms with Crippen LogP contribution in [0.1, 0.15) is 39.5 Å². The molecule has 114 valence electrons. The third kappa shape index (κ3) is 3.06. The second-order valence-corrected chi connectivity index (χ2v) is 6.03. The summed E-state index contributed by atoms with van der Waals surface area (Å²) in [5, 5.41) is 12.3. The fourth-order valence-corrected chi connectivity index (χ4v) is 3.23. The molecule has 1 saturated carbocycles. The highest BCUT2D eigenvalue weighted by molar-refractivity contribution is 5.78. The monoisotopic (exact) mass is 284 g/mol. The van der Waals surface area contributed by atoms with Crippen LogP contribution in [0.25, 0.3) is 0 Å². The van der Waals surface area contributed by atoms with Gasteiger partial charge in [0.15, 0.2) is 0 Å². The van der Waals surface area contributed by atoms with E-state index < -0.39 is 11.9 Å². The van der Waals surface area contributed by atoms with Gasteiger partial charge in [-0.1, -0.05) is 12.8 Å². The van der Waals surface area contributed by atoms with Crippen molar-refractivity contribution >= 4 is 12.0 Å². The molecule has 0 aromatic heterocycles. The lowest BCUT2D eigenvalue weighted by Gasteiger charge is -2.34. The molecule has 0 bridgehead atoms. The lowest BCUT2D eigenvalue weighted by Crippen LogP contribution is -2.55. The van der Waals surface area contributed by atoms with E-state index >= 15 is 0 Å². The van der Waals surface area contributed by atoms with Crippen molar-refractivity contribution in [1.82, 2.24) is 10.2 Å². The van der Waals surface area contributed by atoms with E-state index in [-0.39, 0.29) is 24.2 Å². The highest BCUT2D eigenvalue weighted by atomic mass is 16.5. The van der Waals surface area contributed by atoms with E-state index in [9.17, 15) is 14.7 Å². The first-order valence-electron chi connectivity index (χ1n) is 7.36. The first kappa shape index (κ1) is 15.1. The van der Waals surface area contributed by atoms with Crippen LogP contribution in [-0.4, -0.2) is 53.3 Å². The molecule has 6 nitrogen and oxygen atoms in total. The normalized spacial score (nSPS) is 28.3. The molecule has 0 aromatic carbocycles. The number of nitrogens with one attached hydrogen (secondary N) is 1. The zero-order valence-electron chi connectivity index (χ0n) is 12.2. The molecule has 1 heterocycles. The van der Waals surface area contributed by atoms with E-state index in [1.54, 1.807) is 4.90 Å². The largest absolute Gasteiger partial charge is 0.481 e. The Morgan fingerprint density at radius 3 is 2.55 bits per heavy atom. The Labute approximate surface area is 119 Å². The van der Waals surface area contributed by atoms with Gasteiger partial charge in [-0.2, -0.15) is 0 Å². The van der Waals surface area contributed by atoms with Gasteiger partial charge < -0.3 is 20.1 Å². The number of amides is 2. The van der Waals surface area contributed by atoms with Gasteiger partial charge in [-0.3, -0.25) is 4.79 Å². The van der Waals surface area contributed by atoms with Gasteiger partial charge >= 0.3 is 12.0 Å². The van der Waals surface area contributed by atoms with Gasteiger partial charge in [0, 0.05) is 12.1 Å². The van der Waals surface area contributed by atoms with E-state index in [1.165, 1.54) is 0 Å². The maximum absolute atomic E-state index is 12.5. The van der Waals surface area contributed by atoms with E-state index in [0.29, 0.717) is 13.2 Å². The van der Waals surface area contributed by atoms with Crippen molar-refractivity contribution in [3.05, 3.63) is 0 Å². The first-order valence-corrected chi connectivity index (χ1v) is 7.36. The van der Waals surface area contributed by atoms with Crippen molar-refractivity contribution in [1.29, 1.82) is 0 Å². The molecule has 0 aromatic rings. The van der Waals surface area contributed by atoms with Gasteiger partial charge in [0.2, 0.25) is 0 Å². The molecule has 1 aliphatic carbocycles. The van der Waals surface area contributed by atoms with Crippen molar-refractivity contribution in [2.45, 2.75) is 51.1 Å². The number of carboxylic acids is 1. The zero-order chi connectivity index (χ0) is 14.8. The molecule has 0 spiro atoms. The minimum absolute atomic E-state index is 0.150. The molecule has 2 N–H and O–H groups in total. The number of carbonyl (C=O) groups excluding carboxylic acids is 1. The summed E-state index contributed by atoms with van der Waals surface area (Å²) in [6.07, 6.45) is 4.24. The summed E-state index contributed by atoms with van der Waals surface area (Å²) in [6, 6.07) is -0.541. The second-order valence-electron chi connectivity index (χ2n) is 6.03. The average Bonchev–Trinajstić information content (AvgIpc) is 2.99. The highest BCUT2D eigenvalue weighted by Crippen LogP contribution is 2.29. The van der Waals surface area contributed by atoms with Gasteiger partial charge in [-0.15, -0.1) is 0 Å². The van der Waals surface area contributed by atoms with E-state index in [4.69, 9.17) is 4.74 Å². The topological polar surface area (TPSA) is 78.9 Å². The lowest BCUT2D eigenvalue weighted by atomic mass is 10.0. The van der Waals surface area contributed by atoms with Crippen LogP contribution >= 0.6 is 0 Å². The molecule has 20 heavy (non-hydrogen) atoms. The van der Waals surface area contributed by atoms with Gasteiger partial charge in [0.05, 0.1) is 19.3 Å². The highest BCUT2D eigenvalue weighted by Gasteiger charge is 2.41. The molecule has 2 aliphatic rings. The van der Waals surface area contributed by atoms with Gasteiger partial charge in [0.25, 0.3) is 0 Å². The molecular formula is C14H24N2O4. The first-order chi connectivity index (χ1) is 9.47. The Morgan fingerprint density at radius 2 is 2.00 bits per heavy atom. The smallest absolute Gasteiger partial charge is 0.318 e. The minimum Gasteiger partial charge on any atom is -0.481 e. The van der Waals surface area contributed by atoms with Crippen LogP contribution < -0.4 is 5.32 Å². The Kier molecular flexibility index (Phi) is 4.52. The number of urea groups is 1. The number of carbonyl (C=O) groups is 2. The molecule has 1 aliphatic heterocycles. The van der Waals surface area contributed by atoms with Crippen molar-refractivity contribution in [3.8, 4) is 0 Å². The molecular weight excluding hydrogens is 260 g/mol. The van der Waals surface area contributed by atoms with Crippen molar-refractivity contribution in [2.24, 2.45) is 5.92 Å². The van der Waals surface area contributed by atoms with Gasteiger partial charge in [-0.25, -0.2) is 4.79 Å². The number of likely N-dealkylation sites (N-methyl/N-ethyl adjacent to an activating group) is 1. The van der Waals surface area contributed by atoms with Gasteiger partial charge in [0.1, 0.15) is 5.92 Å². The Morgan fingerprint density at radius 1 is 1.35 bits per heavy atom. The fraction of sp³-hybridized carbons (Fsp3) is 0.857. The van der Waals surface area contributed by atoms with Crippen LogP contribution in [-0.2, 0) is 9.53 Å². The number of rotatable bonds is 4. The number of aliphatic carboxylic acids is 1. The predicted molar refractivity (Wildman–Crippen MR) is 73.5 cm³/mol. The van der Waals surface area contributed by atoms with Crippen LogP contribution in [0.5, 0.6) is 0 Å². The molecule has 2 unspecified atom stereocenters. The van der Waals surface area contributed by atoms with Crippen LogP contribution in [0.15, 0.2) is 0 Å². The van der Waals surface area contributed by atoms with E-state index in [2.05, 4.69) is 12.2 Å². The number of nitrogens with zero attached hydrogens (tertiary/aromatic N) is 1. The number of hydrogen-bond donors (Lipinski definition) is 2. The predicted octanol–water partition coefficient (Wildman–Crippen LogP) is 1.45. The van der Waals surface area contributed by atoms with Crippen LogP contribution in [0.3, 0.4) is 0 Å². The summed E-state index contributed by atoms with van der Waals surface area (Å²) < 4.78 is 5.26. The van der Waals surface area contributed by atoms with Crippen molar-refractivity contribution in [2.75, 3.05) is 19.8 Å². The van der Waals surface area contributed by atoms with Crippen molar-refractivity contribution in [3.63, 3.8) is 0 Å². The summed E-state index contributed by atoms with van der Waals surface area (Å²) in [6.45, 7) is 4.90. The average molecular weight is 284 g/mol. The SMILES string of the molecule is CCN(C(=O)NC1(C)CCCC1)C1COCC1C(=O)O. The Hall–Kier alpha value is -1.30. The molecule has 2 fully saturated rings. The lowest BCUT2D eigenvalue weighted by molar-refractivity contribution is -0.142. The molecule has 2 amide bonds. The summed E-state index contributed by atoms with van der Waals surface area (Å²) in [7, 11) is 0. The van der Waals surface area contributed by atoms with Crippen molar-refractivity contribution < 1.29 is 19.4 Å². The number of ether oxygens (including phenoxy) is 1. The maximum atomic E-state index is 12.5. The van der Waals surface area contributed by atoms with E-state index in [1.807, 2.05) is 6.92 Å². The van der Waals surface area contributed by atoms with Gasteiger partial charge in [-0.05, 0) is 26.7 Å². The maximum Gasteiger partial charge on any atom is 0.318 e. The minimum atomic E-state index is -0.897. The molecule has 2 atom stereocenters. The van der Waals surface area contributed by atoms with Crippen LogP contribution in [0.2, 0.25) is 0 Å². The zero-order valence-corrected chi connectivity index (χ0v) is 12.2. The second kappa shape index (κ2) is 5.99. The number of carboxylic acid groups (broad SMARTS) is 1. The molecule has 1 saturated heterocycles. The third-order valence-electron chi connectivity index (χ3n) is 4.49. The fourth-order valence-electron chi connectivity index (χ4n) is 3.23. The van der Waals surface area contributed by atoms with Crippen LogP contribution in [0, 0.1) is 5.92 Å². The Bertz CT molecular complexity index is 379. The molecule has 6 heteroatoms. The Balaban J connectivity index is 2.03. The quantitative estimate of drug-likeness (QED) is 0.819. The summed E-state index contributed by atoms with van der Waals surface area (Å²) in [5.74, 6) is -1.53. The summed E-state index contributed by atoms with van der Waals surface area (Å²) in [4.78, 5) is 25.3. The standard InChI is InChI=1S/C14H24N2O4/c1-3-16(11-9-20-8-10(11)12(17)18)13(19)15-14(2)6-4-5-7-14/h10-11H,3-9H2,1-2H3,(H,15,19)(H,17,18). The molecule has 2 rings (SSSR count). The summed E-state index contributed by atoms with van der Waals surface area (Å²) in [5.41, 5.74) is -0.150. The number of hydrogen-bond acceptors (Lipinski definition) is 3. The van der Waals surface area contributed by atoms with E-state index in [0.717, 1.165) is 25.7 Å². The van der Waals surface area contributed by atoms with Crippen LogP contribution in [0.4, 0.5) is 4.79 Å². The molecule has 0 radical (unpaired) electrons.